The van der Waals surface area contributed by atoms with Gasteiger partial charge < -0.3 is 5.43 Å². The van der Waals surface area contributed by atoms with Crippen molar-refractivity contribution >= 4 is 0 Å². The van der Waals surface area contributed by atoms with Crippen molar-refractivity contribution in [2.24, 2.45) is 7.05 Å². The van der Waals surface area contributed by atoms with Gasteiger partial charge in [0, 0.05) is 31.6 Å². The Morgan fingerprint density at radius 3 is 2.93 bits per heavy atom. The summed E-state index contributed by atoms with van der Waals surface area (Å²) in [6.45, 7) is 0.752. The minimum atomic E-state index is 0.752. The van der Waals surface area contributed by atoms with E-state index in [-0.39, 0.29) is 0 Å². The lowest BCUT2D eigenvalue weighted by molar-refractivity contribution is 0.725. The Labute approximate surface area is 88.3 Å². The van der Waals surface area contributed by atoms with Gasteiger partial charge in [0.1, 0.15) is 0 Å². The molecule has 4 heteroatoms. The highest BCUT2D eigenvalue weighted by Crippen LogP contribution is 1.92. The number of hydrazine groups is 1. The monoisotopic (exact) mass is 198 g/mol. The van der Waals surface area contributed by atoms with Gasteiger partial charge in [-0.05, 0) is 17.8 Å². The molecule has 1 aliphatic heterocycles. The van der Waals surface area contributed by atoms with E-state index >= 15 is 0 Å². The van der Waals surface area contributed by atoms with Gasteiger partial charge in [-0.3, -0.25) is 4.68 Å². The predicted octanol–water partition coefficient (Wildman–Crippen LogP) is -0.233. The molecule has 0 saturated heterocycles. The summed E-state index contributed by atoms with van der Waals surface area (Å²) in [5, 5.41) is 4.01. The average Bonchev–Trinajstić information content (AvgIpc) is 2.84. The Bertz CT molecular complexity index is 502. The standard InChI is InChI=1S/C11H10N4/c1-15-9-11(8-14-15)5-3-2-4-10-6-12-13-7-10/h6,8-9,12-13H,7H2,1H3. The number of aryl methyl sites for hydroxylation is 1. The molecule has 0 amide bonds. The number of nitrogens with zero attached hydrogens (tertiary/aromatic N) is 2. The van der Waals surface area contributed by atoms with Gasteiger partial charge >= 0.3 is 0 Å². The van der Waals surface area contributed by atoms with Crippen molar-refractivity contribution in [3.8, 4) is 23.7 Å². The highest BCUT2D eigenvalue weighted by Gasteiger charge is 1.96. The lowest BCUT2D eigenvalue weighted by Crippen LogP contribution is -2.20. The van der Waals surface area contributed by atoms with Gasteiger partial charge in [0.25, 0.3) is 0 Å². The first-order valence-electron chi connectivity index (χ1n) is 4.53. The fraction of sp³-hybridized carbons (Fsp3) is 0.182. The van der Waals surface area contributed by atoms with E-state index in [9.17, 15) is 0 Å². The zero-order chi connectivity index (χ0) is 10.5. The fourth-order valence-electron chi connectivity index (χ4n) is 1.12. The van der Waals surface area contributed by atoms with Gasteiger partial charge in [0.2, 0.25) is 0 Å². The number of hydrogen-bond donors (Lipinski definition) is 2. The summed E-state index contributed by atoms with van der Waals surface area (Å²) in [6, 6.07) is 0. The van der Waals surface area contributed by atoms with Crippen molar-refractivity contribution in [3.05, 3.63) is 29.7 Å². The van der Waals surface area contributed by atoms with Crippen molar-refractivity contribution < 1.29 is 0 Å². The summed E-state index contributed by atoms with van der Waals surface area (Å²) in [4.78, 5) is 0. The van der Waals surface area contributed by atoms with Crippen LogP contribution in [0.3, 0.4) is 0 Å². The van der Waals surface area contributed by atoms with E-state index in [1.807, 2.05) is 19.4 Å². The van der Waals surface area contributed by atoms with Crippen LogP contribution in [-0.2, 0) is 7.05 Å². The second-order valence-electron chi connectivity index (χ2n) is 3.07. The molecule has 15 heavy (non-hydrogen) atoms. The molecule has 0 saturated carbocycles. The summed E-state index contributed by atoms with van der Waals surface area (Å²) in [5.74, 6) is 11.4. The zero-order valence-corrected chi connectivity index (χ0v) is 8.33. The summed E-state index contributed by atoms with van der Waals surface area (Å²) in [7, 11) is 1.86. The van der Waals surface area contributed by atoms with Crippen molar-refractivity contribution in [1.82, 2.24) is 20.6 Å². The van der Waals surface area contributed by atoms with Crippen LogP contribution in [0.1, 0.15) is 5.56 Å². The van der Waals surface area contributed by atoms with Crippen LogP contribution in [0.25, 0.3) is 0 Å². The summed E-state index contributed by atoms with van der Waals surface area (Å²) in [5.41, 5.74) is 7.67. The summed E-state index contributed by atoms with van der Waals surface area (Å²) in [6.07, 6.45) is 5.40. The molecule has 1 aliphatic rings. The molecular formula is C11H10N4. The molecule has 4 nitrogen and oxygen atoms in total. The quantitative estimate of drug-likeness (QED) is 0.566. The van der Waals surface area contributed by atoms with Crippen molar-refractivity contribution in [3.63, 3.8) is 0 Å². The molecule has 0 radical (unpaired) electrons. The Morgan fingerprint density at radius 2 is 2.27 bits per heavy atom. The average molecular weight is 198 g/mol. The van der Waals surface area contributed by atoms with Crippen LogP contribution in [0, 0.1) is 23.7 Å². The Kier molecular flexibility index (Phi) is 2.73. The lowest BCUT2D eigenvalue weighted by atomic mass is 10.3. The van der Waals surface area contributed by atoms with E-state index in [1.54, 1.807) is 10.9 Å². The third-order valence-corrected chi connectivity index (χ3v) is 1.82. The van der Waals surface area contributed by atoms with Gasteiger partial charge in [-0.25, -0.2) is 5.43 Å². The molecule has 0 unspecified atom stereocenters. The highest BCUT2D eigenvalue weighted by molar-refractivity contribution is 5.42. The molecule has 0 atom stereocenters. The van der Waals surface area contributed by atoms with E-state index in [2.05, 4.69) is 39.6 Å². The Morgan fingerprint density at radius 1 is 1.40 bits per heavy atom. The van der Waals surface area contributed by atoms with Crippen LogP contribution in [0.15, 0.2) is 24.2 Å². The molecule has 74 valence electrons. The highest BCUT2D eigenvalue weighted by atomic mass is 15.4. The second kappa shape index (κ2) is 4.36. The maximum atomic E-state index is 4.01. The van der Waals surface area contributed by atoms with E-state index in [1.165, 1.54) is 0 Å². The van der Waals surface area contributed by atoms with Gasteiger partial charge in [-0.2, -0.15) is 5.10 Å². The third-order valence-electron chi connectivity index (χ3n) is 1.82. The number of nitrogens with one attached hydrogen (secondary N) is 2. The molecule has 0 aliphatic carbocycles. The van der Waals surface area contributed by atoms with Crippen LogP contribution in [0.5, 0.6) is 0 Å². The van der Waals surface area contributed by atoms with Gasteiger partial charge in [-0.15, -0.1) is 0 Å². The maximum Gasteiger partial charge on any atom is 0.0646 e. The van der Waals surface area contributed by atoms with E-state index in [4.69, 9.17) is 0 Å². The van der Waals surface area contributed by atoms with Crippen LogP contribution >= 0.6 is 0 Å². The maximum absolute atomic E-state index is 4.01. The molecular weight excluding hydrogens is 188 g/mol. The van der Waals surface area contributed by atoms with Gasteiger partial charge in [0.05, 0.1) is 11.8 Å². The number of hydrogen-bond acceptors (Lipinski definition) is 3. The van der Waals surface area contributed by atoms with Crippen molar-refractivity contribution in [2.75, 3.05) is 6.54 Å². The fourth-order valence-corrected chi connectivity index (χ4v) is 1.12. The van der Waals surface area contributed by atoms with E-state index < -0.39 is 0 Å². The SMILES string of the molecule is Cn1cc(C#CC#CC2=CNNC2)cn1. The van der Waals surface area contributed by atoms with Crippen molar-refractivity contribution in [1.29, 1.82) is 0 Å². The van der Waals surface area contributed by atoms with Crippen LogP contribution in [0.4, 0.5) is 0 Å². The van der Waals surface area contributed by atoms with Crippen LogP contribution in [-0.4, -0.2) is 16.3 Å². The summed E-state index contributed by atoms with van der Waals surface area (Å²) < 4.78 is 1.71. The molecule has 2 heterocycles. The topological polar surface area (TPSA) is 41.9 Å². The van der Waals surface area contributed by atoms with Crippen LogP contribution in [0.2, 0.25) is 0 Å². The zero-order valence-electron chi connectivity index (χ0n) is 8.33. The summed E-state index contributed by atoms with van der Waals surface area (Å²) >= 11 is 0. The number of rotatable bonds is 0. The molecule has 2 N–H and O–H groups in total. The molecule has 0 fully saturated rings. The minimum Gasteiger partial charge on any atom is -0.327 e. The Hall–Kier alpha value is -2.17. The predicted molar refractivity (Wildman–Crippen MR) is 57.1 cm³/mol. The molecule has 0 aromatic carbocycles. The first kappa shape index (κ1) is 9.39. The Balaban J connectivity index is 2.00. The molecule has 0 spiro atoms. The normalized spacial score (nSPS) is 13.0. The first-order chi connectivity index (χ1) is 7.34. The van der Waals surface area contributed by atoms with E-state index in [0.29, 0.717) is 0 Å². The van der Waals surface area contributed by atoms with Gasteiger partial charge in [0.15, 0.2) is 0 Å². The molecule has 1 aromatic rings. The lowest BCUT2D eigenvalue weighted by Gasteiger charge is -1.85. The minimum absolute atomic E-state index is 0.752. The molecule has 1 aromatic heterocycles. The molecule has 2 rings (SSSR count). The van der Waals surface area contributed by atoms with E-state index in [0.717, 1.165) is 17.7 Å². The number of aromatic nitrogens is 2. The largest absolute Gasteiger partial charge is 0.327 e. The smallest absolute Gasteiger partial charge is 0.0646 e. The third kappa shape index (κ3) is 2.63. The first-order valence-corrected chi connectivity index (χ1v) is 4.53. The second-order valence-corrected chi connectivity index (χ2v) is 3.07. The van der Waals surface area contributed by atoms with Crippen LogP contribution < -0.4 is 10.9 Å². The van der Waals surface area contributed by atoms with Gasteiger partial charge in [-0.1, -0.05) is 5.92 Å². The van der Waals surface area contributed by atoms with Crippen molar-refractivity contribution in [2.45, 2.75) is 0 Å². The molecule has 0 bridgehead atoms.